The quantitative estimate of drug-likeness (QED) is 0.0353. The molecule has 69 heavy (non-hydrogen) atoms. The van der Waals surface area contributed by atoms with Gasteiger partial charge in [-0.1, -0.05) is 214 Å². The summed E-state index contributed by atoms with van der Waals surface area (Å²) in [6.07, 6.45) is 9.51. The highest BCUT2D eigenvalue weighted by molar-refractivity contribution is 9.11. The fraction of sp³-hybridized carbons (Fsp3) is 0.421. The maximum atomic E-state index is 8.88. The Hall–Kier alpha value is -4.75. The van der Waals surface area contributed by atoms with Gasteiger partial charge < -0.3 is 23.9 Å². The molecular weight excluding hydrogens is 1060 g/mol. The number of oxime groups is 2. The monoisotopic (exact) mass is 1130 g/mol. The molecular formula is C57H74BBr3N3O5. The molecule has 1 radical (unpaired) electrons. The number of aromatic nitrogens is 1. The SMILES string of the molecule is C.C.CC(C)(C)c1cc2c(c(C(C)(C)C)c1)O[B]O2.CCCCC#C/C(=N\O)c1ccc(Br)cc1.CCCCC#C/C(=N\OC)c1ccc(Br)cc1.CCCCc1onc(-c2ccc(Br)cc2)c1C. The van der Waals surface area contributed by atoms with E-state index in [0.717, 1.165) is 104 Å². The minimum absolute atomic E-state index is 0. The Bertz CT molecular complexity index is 2470. The summed E-state index contributed by atoms with van der Waals surface area (Å²) in [7, 11) is 2.94. The van der Waals surface area contributed by atoms with Crippen molar-refractivity contribution in [3.8, 4) is 46.4 Å². The number of nitrogens with zero attached hydrogens (tertiary/aromatic N) is 3. The molecule has 2 heterocycles. The molecule has 0 spiro atoms. The third kappa shape index (κ3) is 21.4. The van der Waals surface area contributed by atoms with Crippen LogP contribution in [-0.4, -0.2) is 36.6 Å². The van der Waals surface area contributed by atoms with E-state index in [1.807, 2.05) is 60.7 Å². The largest absolute Gasteiger partial charge is 0.658 e. The van der Waals surface area contributed by atoms with Crippen LogP contribution in [0.25, 0.3) is 11.3 Å². The summed E-state index contributed by atoms with van der Waals surface area (Å²) in [6, 6.07) is 27.9. The second-order valence-corrected chi connectivity index (χ2v) is 20.5. The fourth-order valence-electron chi connectivity index (χ4n) is 6.17. The molecule has 5 aromatic rings. The van der Waals surface area contributed by atoms with Crippen LogP contribution in [0.2, 0.25) is 0 Å². The third-order valence-corrected chi connectivity index (χ3v) is 11.8. The number of fused-ring (bicyclic) bond motifs is 1. The molecule has 1 N–H and O–H groups in total. The number of hydrogen-bond acceptors (Lipinski definition) is 8. The first-order chi connectivity index (χ1) is 32.0. The van der Waals surface area contributed by atoms with Crippen LogP contribution in [-0.2, 0) is 22.1 Å². The van der Waals surface area contributed by atoms with E-state index in [0.29, 0.717) is 11.4 Å². The lowest BCUT2D eigenvalue weighted by molar-refractivity contribution is 0.214. The molecule has 0 saturated heterocycles. The van der Waals surface area contributed by atoms with E-state index >= 15 is 0 Å². The van der Waals surface area contributed by atoms with Gasteiger partial charge in [0.25, 0.3) is 0 Å². The number of unbranched alkanes of at least 4 members (excludes halogenated alkanes) is 5. The van der Waals surface area contributed by atoms with Crippen LogP contribution in [0.5, 0.6) is 11.5 Å². The van der Waals surface area contributed by atoms with Crippen molar-refractivity contribution in [1.82, 2.24) is 5.16 Å². The Labute approximate surface area is 441 Å². The number of rotatable bonds is 11. The standard InChI is InChI=1S/C14H20BO2.2C14H16BrNO.C13H14BrNO.2CH4/c1-13(2,3)9-7-10(14(4,5)6)12-11(8-9)16-15-17-12;1-3-4-5-13-10(2)14(16-17-13)11-6-8-12(15)9-7-11;1-3-4-5-6-7-14(16-17-2)12-8-10-13(15)11-9-12;1-2-3-4-5-6-13(15-16)11-7-9-12(14)10-8-11;;/h7-8H,1-6H3;6-9H,3-5H2,1-2H3;8-11H,3-5H2,1-2H3;7-10,16H,2-4H2,1H3;2*1H4/b;;16-14+;15-13+;;. The van der Waals surface area contributed by atoms with Gasteiger partial charge in [0.15, 0.2) is 11.4 Å². The summed E-state index contributed by atoms with van der Waals surface area (Å²) in [4.78, 5) is 4.82. The highest BCUT2D eigenvalue weighted by atomic mass is 79.9. The molecule has 6 rings (SSSR count). The van der Waals surface area contributed by atoms with Gasteiger partial charge in [-0.15, -0.1) is 0 Å². The second kappa shape index (κ2) is 32.2. The molecule has 8 nitrogen and oxygen atoms in total. The van der Waals surface area contributed by atoms with Gasteiger partial charge in [-0.3, -0.25) is 0 Å². The molecule has 4 aromatic carbocycles. The molecule has 0 aliphatic carbocycles. The molecule has 371 valence electrons. The van der Waals surface area contributed by atoms with Crippen LogP contribution in [0, 0.1) is 30.6 Å². The van der Waals surface area contributed by atoms with Gasteiger partial charge in [-0.05, 0) is 96.9 Å². The Morgan fingerprint density at radius 1 is 0.696 bits per heavy atom. The molecule has 1 aromatic heterocycles. The van der Waals surface area contributed by atoms with Crippen LogP contribution in [0.3, 0.4) is 0 Å². The van der Waals surface area contributed by atoms with E-state index in [1.165, 1.54) is 37.9 Å². The first kappa shape index (κ1) is 62.3. The van der Waals surface area contributed by atoms with E-state index < -0.39 is 0 Å². The smallest absolute Gasteiger partial charge is 0.524 e. The van der Waals surface area contributed by atoms with E-state index in [4.69, 9.17) is 23.9 Å². The average molecular weight is 1130 g/mol. The van der Waals surface area contributed by atoms with Crippen LogP contribution in [0.1, 0.15) is 162 Å². The van der Waals surface area contributed by atoms with Crippen molar-refractivity contribution in [1.29, 1.82) is 0 Å². The van der Waals surface area contributed by atoms with Gasteiger partial charge in [0, 0.05) is 60.5 Å². The van der Waals surface area contributed by atoms with Crippen molar-refractivity contribution in [3.05, 3.63) is 132 Å². The van der Waals surface area contributed by atoms with Crippen molar-refractivity contribution in [3.63, 3.8) is 0 Å². The number of aryl methyl sites for hydroxylation is 1. The van der Waals surface area contributed by atoms with Crippen molar-refractivity contribution >= 4 is 66.9 Å². The molecule has 0 saturated carbocycles. The Morgan fingerprint density at radius 3 is 1.65 bits per heavy atom. The highest BCUT2D eigenvalue weighted by Crippen LogP contribution is 2.44. The number of halogens is 3. The van der Waals surface area contributed by atoms with Gasteiger partial charge >= 0.3 is 7.69 Å². The van der Waals surface area contributed by atoms with Gasteiger partial charge in [0.2, 0.25) is 0 Å². The minimum atomic E-state index is 0. The van der Waals surface area contributed by atoms with E-state index in [9.17, 15) is 0 Å². The maximum Gasteiger partial charge on any atom is 0.658 e. The first-order valence-electron chi connectivity index (χ1n) is 22.8. The van der Waals surface area contributed by atoms with Crippen molar-refractivity contribution in [2.45, 2.75) is 153 Å². The third-order valence-electron chi connectivity index (χ3n) is 10.2. The number of hydrogen-bond donors (Lipinski definition) is 1. The Kier molecular flexibility index (Phi) is 29.1. The van der Waals surface area contributed by atoms with E-state index in [2.05, 4.69) is 180 Å². The lowest BCUT2D eigenvalue weighted by Gasteiger charge is -2.26. The van der Waals surface area contributed by atoms with Gasteiger partial charge in [-0.2, -0.15) is 0 Å². The van der Waals surface area contributed by atoms with Gasteiger partial charge in [0.1, 0.15) is 30.1 Å². The Balaban J connectivity index is 0.000000456. The molecule has 0 amide bonds. The Morgan fingerprint density at radius 2 is 1.19 bits per heavy atom. The van der Waals surface area contributed by atoms with E-state index in [1.54, 1.807) is 0 Å². The topological polar surface area (TPSA) is 98.7 Å². The molecule has 0 unspecified atom stereocenters. The highest BCUT2D eigenvalue weighted by Gasteiger charge is 2.30. The van der Waals surface area contributed by atoms with Crippen LogP contribution in [0.15, 0.2) is 113 Å². The number of benzene rings is 4. The first-order valence-corrected chi connectivity index (χ1v) is 25.2. The van der Waals surface area contributed by atoms with Crippen LogP contribution < -0.4 is 9.31 Å². The molecule has 12 heteroatoms. The normalized spacial score (nSPS) is 11.4. The fourth-order valence-corrected chi connectivity index (χ4v) is 6.97. The predicted molar refractivity (Wildman–Crippen MR) is 302 cm³/mol. The molecule has 0 bridgehead atoms. The zero-order valence-corrected chi connectivity index (χ0v) is 45.8. The second-order valence-electron chi connectivity index (χ2n) is 17.8. The zero-order valence-electron chi connectivity index (χ0n) is 41.1. The lowest BCUT2D eigenvalue weighted by Crippen LogP contribution is -2.16. The zero-order chi connectivity index (χ0) is 49.4. The molecule has 1 aliphatic rings. The van der Waals surface area contributed by atoms with Crippen molar-refractivity contribution < 1.29 is 23.9 Å². The summed E-state index contributed by atoms with van der Waals surface area (Å²) < 4.78 is 19.4. The lowest BCUT2D eigenvalue weighted by atomic mass is 9.80. The van der Waals surface area contributed by atoms with Gasteiger partial charge in [0.05, 0.1) is 0 Å². The molecule has 0 atom stereocenters. The predicted octanol–water partition coefficient (Wildman–Crippen LogP) is 17.4. The summed E-state index contributed by atoms with van der Waals surface area (Å²) in [5.41, 5.74) is 8.78. The van der Waals surface area contributed by atoms with E-state index in [-0.39, 0.29) is 25.7 Å². The minimum Gasteiger partial charge on any atom is -0.524 e. The summed E-state index contributed by atoms with van der Waals surface area (Å²) >= 11 is 10.2. The van der Waals surface area contributed by atoms with Gasteiger partial charge in [-0.25, -0.2) is 0 Å². The molecule has 0 fully saturated rings. The summed E-state index contributed by atoms with van der Waals surface area (Å²) in [5, 5.41) is 20.2. The molecule has 1 aliphatic heterocycles. The van der Waals surface area contributed by atoms with Crippen LogP contribution >= 0.6 is 47.8 Å². The average Bonchev–Trinajstić information content (AvgIpc) is 3.93. The van der Waals surface area contributed by atoms with Crippen molar-refractivity contribution in [2.75, 3.05) is 7.11 Å². The van der Waals surface area contributed by atoms with Crippen molar-refractivity contribution in [2.24, 2.45) is 10.3 Å². The van der Waals surface area contributed by atoms with Crippen LogP contribution in [0.4, 0.5) is 0 Å². The maximum absolute atomic E-state index is 8.88. The summed E-state index contributed by atoms with van der Waals surface area (Å²) in [6.45, 7) is 21.7. The summed E-state index contributed by atoms with van der Waals surface area (Å²) in [5.74, 6) is 14.8.